The maximum absolute atomic E-state index is 10.5. The Morgan fingerprint density at radius 2 is 2.00 bits per heavy atom. The lowest BCUT2D eigenvalue weighted by atomic mass is 9.90. The molecular formula is C7H12O2. The molecule has 2 heteroatoms. The van der Waals surface area contributed by atoms with Gasteiger partial charge in [-0.25, -0.2) is 0 Å². The van der Waals surface area contributed by atoms with E-state index in [1.165, 1.54) is 0 Å². The van der Waals surface area contributed by atoms with E-state index < -0.39 is 11.9 Å². The third kappa shape index (κ3) is 1.70. The molecule has 1 N–H and O–H groups in total. The van der Waals surface area contributed by atoms with Crippen molar-refractivity contribution in [2.45, 2.75) is 32.1 Å². The van der Waals surface area contributed by atoms with Gasteiger partial charge in [0.1, 0.15) is 0 Å². The fourth-order valence-electron chi connectivity index (χ4n) is 1.19. The van der Waals surface area contributed by atoms with Crippen molar-refractivity contribution in [3.05, 3.63) is 0 Å². The molecule has 1 rings (SSSR count). The molecule has 0 aliphatic heterocycles. The molecule has 0 radical (unpaired) electrons. The van der Waals surface area contributed by atoms with E-state index >= 15 is 0 Å². The van der Waals surface area contributed by atoms with Crippen LogP contribution in [-0.2, 0) is 4.79 Å². The monoisotopic (exact) mass is 129 g/mol. The van der Waals surface area contributed by atoms with E-state index in [0.717, 1.165) is 19.3 Å². The minimum Gasteiger partial charge on any atom is -0.481 e. The van der Waals surface area contributed by atoms with Gasteiger partial charge in [0.05, 0.1) is 5.89 Å². The summed E-state index contributed by atoms with van der Waals surface area (Å²) in [4.78, 5) is 10.5. The predicted octanol–water partition coefficient (Wildman–Crippen LogP) is 1.65. The van der Waals surface area contributed by atoms with Crippen molar-refractivity contribution < 1.29 is 11.3 Å². The zero-order chi connectivity index (χ0) is 7.61. The highest BCUT2D eigenvalue weighted by Gasteiger charge is 2.19. The number of carboxylic acid groups (broad SMARTS) is 1. The number of aliphatic carboxylic acids is 1. The van der Waals surface area contributed by atoms with Crippen LogP contribution in [0.4, 0.5) is 0 Å². The number of rotatable bonds is 1. The second-order valence-electron chi connectivity index (χ2n) is 2.47. The van der Waals surface area contributed by atoms with E-state index in [-0.39, 0.29) is 0 Å². The summed E-state index contributed by atoms with van der Waals surface area (Å²) >= 11 is 0. The van der Waals surface area contributed by atoms with E-state index in [4.69, 9.17) is 6.48 Å². The Balaban J connectivity index is 2.56. The van der Waals surface area contributed by atoms with Crippen molar-refractivity contribution >= 4 is 5.97 Å². The van der Waals surface area contributed by atoms with Gasteiger partial charge in [-0.05, 0) is 12.8 Å². The molecule has 52 valence electrons. The lowest BCUT2D eigenvalue weighted by molar-refractivity contribution is -0.142. The van der Waals surface area contributed by atoms with Crippen LogP contribution in [0.25, 0.3) is 0 Å². The van der Waals surface area contributed by atoms with Crippen molar-refractivity contribution in [1.29, 1.82) is 0 Å². The zero-order valence-corrected chi connectivity index (χ0v) is 5.39. The Kier molecular flexibility index (Phi) is 1.67. The molecule has 0 aromatic rings. The molecule has 0 saturated heterocycles. The Hall–Kier alpha value is -0.530. The molecule has 0 aromatic carbocycles. The molecule has 0 amide bonds. The highest BCUT2D eigenvalue weighted by Crippen LogP contribution is 2.23. The van der Waals surface area contributed by atoms with Gasteiger partial charge in [-0.2, -0.15) is 0 Å². The van der Waals surface area contributed by atoms with Crippen molar-refractivity contribution in [2.24, 2.45) is 5.89 Å². The van der Waals surface area contributed by atoms with Gasteiger partial charge in [0, 0.05) is 1.37 Å². The van der Waals surface area contributed by atoms with Gasteiger partial charge in [0.2, 0.25) is 0 Å². The van der Waals surface area contributed by atoms with E-state index in [9.17, 15) is 4.79 Å². The normalized spacial score (nSPS) is 26.9. The van der Waals surface area contributed by atoms with Gasteiger partial charge in [0.15, 0.2) is 0 Å². The molecular weight excluding hydrogens is 116 g/mol. The fourth-order valence-corrected chi connectivity index (χ4v) is 1.19. The van der Waals surface area contributed by atoms with E-state index in [2.05, 4.69) is 0 Å². The summed E-state index contributed by atoms with van der Waals surface area (Å²) < 4.78 is 7.48. The Labute approximate surface area is 56.3 Å². The summed E-state index contributed by atoms with van der Waals surface area (Å²) in [5.41, 5.74) is 0. The van der Waals surface area contributed by atoms with Gasteiger partial charge >= 0.3 is 5.97 Å². The third-order valence-electron chi connectivity index (χ3n) is 1.76. The van der Waals surface area contributed by atoms with Crippen molar-refractivity contribution in [3.8, 4) is 0 Å². The Morgan fingerprint density at radius 3 is 2.33 bits per heavy atom. The standard InChI is InChI=1S/C7H12O2/c8-7(9)6-4-2-1-3-5-6/h6H,1-5H2,(H,8,9)/i6D. The molecule has 9 heavy (non-hydrogen) atoms. The first kappa shape index (κ1) is 5.27. The van der Waals surface area contributed by atoms with Crippen LogP contribution >= 0.6 is 0 Å². The second-order valence-corrected chi connectivity index (χ2v) is 2.47. The number of hydrogen-bond donors (Lipinski definition) is 1. The Morgan fingerprint density at radius 1 is 1.44 bits per heavy atom. The molecule has 0 heterocycles. The zero-order valence-electron chi connectivity index (χ0n) is 6.39. The van der Waals surface area contributed by atoms with Crippen LogP contribution in [0.15, 0.2) is 0 Å². The molecule has 0 unspecified atom stereocenters. The van der Waals surface area contributed by atoms with Crippen LogP contribution in [0.2, 0.25) is 0 Å². The van der Waals surface area contributed by atoms with Gasteiger partial charge in [0.25, 0.3) is 0 Å². The molecule has 0 bridgehead atoms. The minimum atomic E-state index is -1.15. The van der Waals surface area contributed by atoms with Gasteiger partial charge in [-0.3, -0.25) is 4.79 Å². The smallest absolute Gasteiger partial charge is 0.306 e. The van der Waals surface area contributed by atoms with Crippen LogP contribution in [0.3, 0.4) is 0 Å². The first-order valence-corrected chi connectivity index (χ1v) is 3.38. The van der Waals surface area contributed by atoms with Crippen molar-refractivity contribution in [3.63, 3.8) is 0 Å². The summed E-state index contributed by atoms with van der Waals surface area (Å²) in [6.45, 7) is 0. The van der Waals surface area contributed by atoms with Gasteiger partial charge < -0.3 is 5.11 Å². The average molecular weight is 129 g/mol. The van der Waals surface area contributed by atoms with Gasteiger partial charge in [-0.1, -0.05) is 19.3 Å². The van der Waals surface area contributed by atoms with Gasteiger partial charge in [-0.15, -0.1) is 0 Å². The Bertz CT molecular complexity index is 139. The SMILES string of the molecule is [2H]C1(C(=O)O)CCCCC1. The topological polar surface area (TPSA) is 37.3 Å². The van der Waals surface area contributed by atoms with Crippen LogP contribution in [0, 0.1) is 5.89 Å². The van der Waals surface area contributed by atoms with Crippen molar-refractivity contribution in [1.82, 2.24) is 0 Å². The molecule has 0 atom stereocenters. The second kappa shape index (κ2) is 2.85. The molecule has 1 aliphatic rings. The fraction of sp³-hybridized carbons (Fsp3) is 0.857. The van der Waals surface area contributed by atoms with Crippen LogP contribution in [-0.4, -0.2) is 11.1 Å². The quantitative estimate of drug-likeness (QED) is 0.584. The number of hydrogen-bond acceptors (Lipinski definition) is 1. The maximum Gasteiger partial charge on any atom is 0.306 e. The summed E-state index contributed by atoms with van der Waals surface area (Å²) in [7, 11) is 0. The summed E-state index contributed by atoms with van der Waals surface area (Å²) in [5, 5.41) is 8.61. The molecule has 0 spiro atoms. The highest BCUT2D eigenvalue weighted by atomic mass is 16.4. The van der Waals surface area contributed by atoms with E-state index in [1.807, 2.05) is 0 Å². The largest absolute Gasteiger partial charge is 0.481 e. The maximum atomic E-state index is 10.5. The number of carboxylic acids is 1. The molecule has 2 nitrogen and oxygen atoms in total. The molecule has 1 fully saturated rings. The van der Waals surface area contributed by atoms with Crippen LogP contribution in [0.1, 0.15) is 33.5 Å². The summed E-state index contributed by atoms with van der Waals surface area (Å²) in [5.74, 6) is -2.11. The van der Waals surface area contributed by atoms with E-state index in [1.54, 1.807) is 0 Å². The molecule has 1 saturated carbocycles. The van der Waals surface area contributed by atoms with Crippen molar-refractivity contribution in [2.75, 3.05) is 0 Å². The third-order valence-corrected chi connectivity index (χ3v) is 1.76. The molecule has 1 aliphatic carbocycles. The highest BCUT2D eigenvalue weighted by molar-refractivity contribution is 5.69. The summed E-state index contributed by atoms with van der Waals surface area (Å²) in [6.07, 6.45) is 3.95. The predicted molar refractivity (Wildman–Crippen MR) is 34.2 cm³/mol. The van der Waals surface area contributed by atoms with Crippen LogP contribution < -0.4 is 0 Å². The average Bonchev–Trinajstić information content (AvgIpc) is 1.89. The summed E-state index contributed by atoms with van der Waals surface area (Å²) in [6, 6.07) is 0. The lowest BCUT2D eigenvalue weighted by Gasteiger charge is -2.16. The first-order chi connectivity index (χ1) is 4.65. The van der Waals surface area contributed by atoms with Crippen LogP contribution in [0.5, 0.6) is 0 Å². The molecule has 0 aromatic heterocycles. The minimum absolute atomic E-state index is 0.530. The van der Waals surface area contributed by atoms with E-state index in [0.29, 0.717) is 12.8 Å². The first-order valence-electron chi connectivity index (χ1n) is 3.88. The number of carbonyl (C=O) groups is 1. The lowest BCUT2D eigenvalue weighted by Crippen LogP contribution is -2.16.